The van der Waals surface area contributed by atoms with Crippen molar-refractivity contribution in [1.82, 2.24) is 5.32 Å². The Balaban J connectivity index is 2.10. The van der Waals surface area contributed by atoms with Gasteiger partial charge in [0.25, 0.3) is 0 Å². The molecule has 1 aromatic heterocycles. The maximum absolute atomic E-state index is 5.66. The average Bonchev–Trinajstić information content (AvgIpc) is 2.73. The van der Waals surface area contributed by atoms with Gasteiger partial charge in [-0.1, -0.05) is 13.8 Å². The van der Waals surface area contributed by atoms with Gasteiger partial charge < -0.3 is 11.1 Å². The first-order chi connectivity index (χ1) is 8.63. The Kier molecular flexibility index (Phi) is 8.15. The van der Waals surface area contributed by atoms with Crippen LogP contribution in [0, 0.1) is 11.8 Å². The van der Waals surface area contributed by atoms with Gasteiger partial charge in [-0.3, -0.25) is 0 Å². The van der Waals surface area contributed by atoms with E-state index in [1.807, 2.05) is 0 Å². The number of hydrogen-bond donors (Lipinski definition) is 2. The van der Waals surface area contributed by atoms with E-state index in [1.165, 1.54) is 21.5 Å². The molecule has 0 fully saturated rings. The Labute approximate surface area is 123 Å². The zero-order chi connectivity index (χ0) is 13.4. The Bertz CT molecular complexity index is 325. The molecule has 0 aliphatic heterocycles. The predicted octanol–water partition coefficient (Wildman–Crippen LogP) is 4.00. The van der Waals surface area contributed by atoms with E-state index >= 15 is 0 Å². The Morgan fingerprint density at radius 1 is 1.33 bits per heavy atom. The molecule has 18 heavy (non-hydrogen) atoms. The first kappa shape index (κ1) is 16.2. The van der Waals surface area contributed by atoms with Gasteiger partial charge in [0.05, 0.1) is 3.79 Å². The highest BCUT2D eigenvalue weighted by molar-refractivity contribution is 9.11. The van der Waals surface area contributed by atoms with Gasteiger partial charge in [0.1, 0.15) is 0 Å². The van der Waals surface area contributed by atoms with Gasteiger partial charge in [-0.15, -0.1) is 11.3 Å². The summed E-state index contributed by atoms with van der Waals surface area (Å²) in [5, 5.41) is 3.51. The molecule has 0 amide bonds. The molecule has 1 heterocycles. The molecule has 0 aromatic carbocycles. The standard InChI is InChI=1S/C14H25BrN2S/c1-11(2)12(7-8-16)4-3-9-17-10-13-5-6-14(15)18-13/h5-6,11-12,17H,3-4,7-10,16H2,1-2H3. The van der Waals surface area contributed by atoms with Crippen LogP contribution in [-0.4, -0.2) is 13.1 Å². The van der Waals surface area contributed by atoms with E-state index in [0.29, 0.717) is 0 Å². The summed E-state index contributed by atoms with van der Waals surface area (Å²) in [7, 11) is 0. The van der Waals surface area contributed by atoms with Gasteiger partial charge in [-0.25, -0.2) is 0 Å². The molecule has 0 spiro atoms. The van der Waals surface area contributed by atoms with Crippen LogP contribution in [0.5, 0.6) is 0 Å². The minimum Gasteiger partial charge on any atom is -0.330 e. The molecule has 0 saturated carbocycles. The van der Waals surface area contributed by atoms with Crippen molar-refractivity contribution in [3.05, 3.63) is 20.8 Å². The molecule has 2 nitrogen and oxygen atoms in total. The summed E-state index contributed by atoms with van der Waals surface area (Å²) >= 11 is 5.29. The predicted molar refractivity (Wildman–Crippen MR) is 85.0 cm³/mol. The third-order valence-electron chi connectivity index (χ3n) is 3.34. The maximum atomic E-state index is 5.66. The van der Waals surface area contributed by atoms with Gasteiger partial charge in [0.2, 0.25) is 0 Å². The molecular formula is C14H25BrN2S. The zero-order valence-electron chi connectivity index (χ0n) is 11.4. The van der Waals surface area contributed by atoms with Crippen molar-refractivity contribution in [2.24, 2.45) is 17.6 Å². The summed E-state index contributed by atoms with van der Waals surface area (Å²) in [6, 6.07) is 4.28. The van der Waals surface area contributed by atoms with Gasteiger partial charge in [-0.05, 0) is 72.3 Å². The van der Waals surface area contributed by atoms with E-state index in [4.69, 9.17) is 5.73 Å². The number of hydrogen-bond acceptors (Lipinski definition) is 3. The lowest BCUT2D eigenvalue weighted by Crippen LogP contribution is -2.18. The maximum Gasteiger partial charge on any atom is 0.0701 e. The van der Waals surface area contributed by atoms with Crippen molar-refractivity contribution >= 4 is 27.3 Å². The quantitative estimate of drug-likeness (QED) is 0.670. The second kappa shape index (κ2) is 9.08. The number of thiophene rings is 1. The fourth-order valence-corrected chi connectivity index (χ4v) is 3.63. The van der Waals surface area contributed by atoms with Crippen LogP contribution in [0.15, 0.2) is 15.9 Å². The smallest absolute Gasteiger partial charge is 0.0701 e. The van der Waals surface area contributed by atoms with Crippen LogP contribution in [0.2, 0.25) is 0 Å². The van der Waals surface area contributed by atoms with Crippen LogP contribution in [0.4, 0.5) is 0 Å². The summed E-state index contributed by atoms with van der Waals surface area (Å²) < 4.78 is 1.21. The molecule has 1 rings (SSSR count). The SMILES string of the molecule is CC(C)C(CCN)CCCNCc1ccc(Br)s1. The van der Waals surface area contributed by atoms with Crippen molar-refractivity contribution in [2.75, 3.05) is 13.1 Å². The molecule has 0 aliphatic carbocycles. The molecule has 0 radical (unpaired) electrons. The molecule has 0 saturated heterocycles. The lowest BCUT2D eigenvalue weighted by atomic mass is 9.88. The summed E-state index contributed by atoms with van der Waals surface area (Å²) in [4.78, 5) is 1.39. The second-order valence-electron chi connectivity index (χ2n) is 5.11. The van der Waals surface area contributed by atoms with E-state index in [0.717, 1.165) is 37.9 Å². The van der Waals surface area contributed by atoms with Crippen LogP contribution in [-0.2, 0) is 6.54 Å². The monoisotopic (exact) mass is 332 g/mol. The van der Waals surface area contributed by atoms with E-state index in [1.54, 1.807) is 11.3 Å². The summed E-state index contributed by atoms with van der Waals surface area (Å²) in [5.41, 5.74) is 5.66. The molecule has 1 atom stereocenters. The third kappa shape index (κ3) is 6.32. The number of nitrogens with one attached hydrogen (secondary N) is 1. The Morgan fingerprint density at radius 3 is 2.67 bits per heavy atom. The minimum atomic E-state index is 0.752. The van der Waals surface area contributed by atoms with Crippen LogP contribution in [0.25, 0.3) is 0 Å². The highest BCUT2D eigenvalue weighted by Gasteiger charge is 2.11. The lowest BCUT2D eigenvalue weighted by Gasteiger charge is -2.19. The van der Waals surface area contributed by atoms with Crippen LogP contribution in [0.3, 0.4) is 0 Å². The van der Waals surface area contributed by atoms with E-state index < -0.39 is 0 Å². The molecular weight excluding hydrogens is 308 g/mol. The van der Waals surface area contributed by atoms with Crippen molar-refractivity contribution in [3.8, 4) is 0 Å². The Morgan fingerprint density at radius 2 is 2.11 bits per heavy atom. The molecule has 0 bridgehead atoms. The lowest BCUT2D eigenvalue weighted by molar-refractivity contribution is 0.331. The fraction of sp³-hybridized carbons (Fsp3) is 0.714. The van der Waals surface area contributed by atoms with Gasteiger partial charge >= 0.3 is 0 Å². The van der Waals surface area contributed by atoms with Gasteiger partial charge in [0.15, 0.2) is 0 Å². The molecule has 4 heteroatoms. The highest BCUT2D eigenvalue weighted by atomic mass is 79.9. The zero-order valence-corrected chi connectivity index (χ0v) is 13.8. The third-order valence-corrected chi connectivity index (χ3v) is 4.96. The van der Waals surface area contributed by atoms with Crippen LogP contribution < -0.4 is 11.1 Å². The average molecular weight is 333 g/mol. The number of rotatable bonds is 9. The summed E-state index contributed by atoms with van der Waals surface area (Å²) in [6.45, 7) is 7.51. The molecule has 0 aliphatic rings. The first-order valence-corrected chi connectivity index (χ1v) is 8.39. The van der Waals surface area contributed by atoms with E-state index in [2.05, 4.69) is 47.2 Å². The minimum absolute atomic E-state index is 0.752. The Hall–Kier alpha value is 0.1000. The summed E-state index contributed by atoms with van der Waals surface area (Å²) in [6.07, 6.45) is 3.70. The molecule has 104 valence electrons. The van der Waals surface area contributed by atoms with Crippen LogP contribution in [0.1, 0.15) is 38.0 Å². The van der Waals surface area contributed by atoms with Crippen molar-refractivity contribution < 1.29 is 0 Å². The fourth-order valence-electron chi connectivity index (χ4n) is 2.17. The largest absolute Gasteiger partial charge is 0.330 e. The van der Waals surface area contributed by atoms with Crippen molar-refractivity contribution in [3.63, 3.8) is 0 Å². The topological polar surface area (TPSA) is 38.0 Å². The highest BCUT2D eigenvalue weighted by Crippen LogP contribution is 2.22. The molecule has 3 N–H and O–H groups in total. The molecule has 1 unspecified atom stereocenters. The first-order valence-electron chi connectivity index (χ1n) is 6.78. The second-order valence-corrected chi connectivity index (χ2v) is 7.65. The van der Waals surface area contributed by atoms with Crippen molar-refractivity contribution in [2.45, 2.75) is 39.7 Å². The summed E-state index contributed by atoms with van der Waals surface area (Å²) in [5.74, 6) is 1.54. The van der Waals surface area contributed by atoms with E-state index in [-0.39, 0.29) is 0 Å². The van der Waals surface area contributed by atoms with Crippen molar-refractivity contribution in [1.29, 1.82) is 0 Å². The normalized spacial score (nSPS) is 13.2. The van der Waals surface area contributed by atoms with Crippen LogP contribution >= 0.6 is 27.3 Å². The van der Waals surface area contributed by atoms with Gasteiger partial charge in [0, 0.05) is 11.4 Å². The number of nitrogens with two attached hydrogens (primary N) is 1. The van der Waals surface area contributed by atoms with E-state index in [9.17, 15) is 0 Å². The molecule has 1 aromatic rings. The van der Waals surface area contributed by atoms with Gasteiger partial charge in [-0.2, -0.15) is 0 Å². The number of halogens is 1.